The molecule has 0 aliphatic rings. The maximum atomic E-state index is 13.5. The quantitative estimate of drug-likeness (QED) is 0.893. The molecule has 0 amide bonds. The van der Waals surface area contributed by atoms with Crippen molar-refractivity contribution in [3.63, 3.8) is 0 Å². The van der Waals surface area contributed by atoms with Crippen molar-refractivity contribution in [2.75, 3.05) is 6.54 Å². The van der Waals surface area contributed by atoms with E-state index in [9.17, 15) is 9.50 Å². The molecule has 4 heteroatoms. The van der Waals surface area contributed by atoms with Crippen molar-refractivity contribution in [1.82, 2.24) is 0 Å². The predicted molar refractivity (Wildman–Crippen MR) is 82.0 cm³/mol. The van der Waals surface area contributed by atoms with Crippen LogP contribution < -0.4 is 5.73 Å². The molecule has 2 atom stereocenters. The second-order valence-corrected chi connectivity index (χ2v) is 5.72. The Morgan fingerprint density at radius 3 is 2.55 bits per heavy atom. The summed E-state index contributed by atoms with van der Waals surface area (Å²) in [6.07, 6.45) is -0.840. The predicted octanol–water partition coefficient (Wildman–Crippen LogP) is 3.67. The van der Waals surface area contributed by atoms with Gasteiger partial charge >= 0.3 is 0 Å². The fraction of sp³-hybridized carbons (Fsp3) is 0.250. The van der Waals surface area contributed by atoms with Gasteiger partial charge in [0.1, 0.15) is 5.82 Å². The third kappa shape index (κ3) is 3.26. The number of halogens is 2. The van der Waals surface area contributed by atoms with Gasteiger partial charge in [-0.2, -0.15) is 0 Å². The highest BCUT2D eigenvalue weighted by molar-refractivity contribution is 9.10. The minimum Gasteiger partial charge on any atom is -0.388 e. The lowest BCUT2D eigenvalue weighted by molar-refractivity contribution is 0.146. The molecule has 0 radical (unpaired) electrons. The topological polar surface area (TPSA) is 46.2 Å². The molecule has 0 bridgehead atoms. The maximum Gasteiger partial charge on any atom is 0.123 e. The first-order chi connectivity index (χ1) is 9.52. The Labute approximate surface area is 126 Å². The van der Waals surface area contributed by atoms with E-state index < -0.39 is 6.10 Å². The summed E-state index contributed by atoms with van der Waals surface area (Å²) in [5, 5.41) is 10.5. The molecule has 2 rings (SSSR count). The number of aliphatic hydroxyl groups is 1. The van der Waals surface area contributed by atoms with E-state index in [-0.39, 0.29) is 18.3 Å². The zero-order valence-electron chi connectivity index (χ0n) is 11.2. The van der Waals surface area contributed by atoms with Crippen molar-refractivity contribution < 1.29 is 9.50 Å². The fourth-order valence-corrected chi connectivity index (χ4v) is 2.95. The first-order valence-corrected chi connectivity index (χ1v) is 7.22. The molecule has 2 nitrogen and oxygen atoms in total. The largest absolute Gasteiger partial charge is 0.388 e. The molecular weight excluding hydrogens is 321 g/mol. The number of nitrogens with two attached hydrogens (primary N) is 1. The van der Waals surface area contributed by atoms with Gasteiger partial charge in [-0.1, -0.05) is 40.2 Å². The lowest BCUT2D eigenvalue weighted by Gasteiger charge is -2.23. The summed E-state index contributed by atoms with van der Waals surface area (Å²) in [5.41, 5.74) is 8.06. The summed E-state index contributed by atoms with van der Waals surface area (Å²) in [4.78, 5) is 0. The Kier molecular flexibility index (Phi) is 4.91. The van der Waals surface area contributed by atoms with E-state index >= 15 is 0 Å². The molecule has 0 spiro atoms. The number of aryl methyl sites for hydroxylation is 1. The average molecular weight is 338 g/mol. The van der Waals surface area contributed by atoms with Gasteiger partial charge in [-0.3, -0.25) is 0 Å². The van der Waals surface area contributed by atoms with Crippen molar-refractivity contribution in [1.29, 1.82) is 0 Å². The molecule has 106 valence electrons. The molecule has 0 aliphatic heterocycles. The van der Waals surface area contributed by atoms with Gasteiger partial charge in [-0.25, -0.2) is 4.39 Å². The zero-order valence-corrected chi connectivity index (χ0v) is 12.8. The molecule has 2 aromatic rings. The van der Waals surface area contributed by atoms with Crippen LogP contribution in [-0.2, 0) is 0 Å². The Balaban J connectivity index is 2.39. The average Bonchev–Trinajstić information content (AvgIpc) is 2.40. The third-order valence-electron chi connectivity index (χ3n) is 3.35. The van der Waals surface area contributed by atoms with Crippen molar-refractivity contribution in [2.45, 2.75) is 18.9 Å². The Bertz CT molecular complexity index is 583. The second-order valence-electron chi connectivity index (χ2n) is 4.87. The number of hydrogen-bond acceptors (Lipinski definition) is 2. The van der Waals surface area contributed by atoms with E-state index in [1.54, 1.807) is 13.0 Å². The highest BCUT2D eigenvalue weighted by Crippen LogP contribution is 2.34. The molecule has 0 fully saturated rings. The maximum absolute atomic E-state index is 13.5. The van der Waals surface area contributed by atoms with Gasteiger partial charge < -0.3 is 10.8 Å². The van der Waals surface area contributed by atoms with E-state index in [0.717, 1.165) is 15.6 Å². The van der Waals surface area contributed by atoms with Gasteiger partial charge in [-0.05, 0) is 41.8 Å². The Hall–Kier alpha value is -1.23. The molecule has 0 aliphatic carbocycles. The van der Waals surface area contributed by atoms with Crippen molar-refractivity contribution in [3.8, 4) is 0 Å². The molecule has 0 aromatic heterocycles. The monoisotopic (exact) mass is 337 g/mol. The summed E-state index contributed by atoms with van der Waals surface area (Å²) in [6.45, 7) is 2.08. The van der Waals surface area contributed by atoms with E-state index in [4.69, 9.17) is 5.73 Å². The van der Waals surface area contributed by atoms with Crippen LogP contribution in [-0.4, -0.2) is 11.7 Å². The van der Waals surface area contributed by atoms with E-state index in [2.05, 4.69) is 15.9 Å². The second kappa shape index (κ2) is 6.48. The highest BCUT2D eigenvalue weighted by Gasteiger charge is 2.23. The van der Waals surface area contributed by atoms with Gasteiger partial charge in [0.15, 0.2) is 0 Å². The van der Waals surface area contributed by atoms with E-state index in [0.29, 0.717) is 5.56 Å². The number of aliphatic hydroxyl groups excluding tert-OH is 1. The van der Waals surface area contributed by atoms with Crippen LogP contribution >= 0.6 is 15.9 Å². The van der Waals surface area contributed by atoms with Crippen LogP contribution in [0, 0.1) is 12.7 Å². The normalized spacial score (nSPS) is 14.1. The van der Waals surface area contributed by atoms with E-state index in [1.807, 2.05) is 24.3 Å². The number of hydrogen-bond donors (Lipinski definition) is 2. The first kappa shape index (κ1) is 15.2. The molecule has 0 saturated carbocycles. The smallest absolute Gasteiger partial charge is 0.123 e. The van der Waals surface area contributed by atoms with Crippen LogP contribution in [0.5, 0.6) is 0 Å². The summed E-state index contributed by atoms with van der Waals surface area (Å²) < 4.78 is 14.4. The van der Waals surface area contributed by atoms with Crippen LogP contribution in [0.25, 0.3) is 0 Å². The standard InChI is InChI=1S/C16H17BrFNO/c1-10-6-11(8-12(18)7-10)16(20)14(9-19)13-4-2-3-5-15(13)17/h2-8,14,16,20H,9,19H2,1H3. The van der Waals surface area contributed by atoms with Crippen LogP contribution in [0.2, 0.25) is 0 Å². The van der Waals surface area contributed by atoms with Gasteiger partial charge in [0.2, 0.25) is 0 Å². The van der Waals surface area contributed by atoms with Gasteiger partial charge in [0, 0.05) is 16.9 Å². The van der Waals surface area contributed by atoms with Crippen molar-refractivity contribution >= 4 is 15.9 Å². The SMILES string of the molecule is Cc1cc(F)cc(C(O)C(CN)c2ccccc2Br)c1. The number of rotatable bonds is 4. The number of benzene rings is 2. The lowest BCUT2D eigenvalue weighted by Crippen LogP contribution is -2.20. The van der Waals surface area contributed by atoms with Gasteiger partial charge in [0.05, 0.1) is 6.10 Å². The molecular formula is C16H17BrFNO. The van der Waals surface area contributed by atoms with Crippen LogP contribution in [0.1, 0.15) is 28.7 Å². The summed E-state index contributed by atoms with van der Waals surface area (Å²) in [7, 11) is 0. The minimum absolute atomic E-state index is 0.277. The summed E-state index contributed by atoms with van der Waals surface area (Å²) >= 11 is 3.47. The van der Waals surface area contributed by atoms with Crippen molar-refractivity contribution in [3.05, 3.63) is 69.4 Å². The lowest BCUT2D eigenvalue weighted by atomic mass is 9.88. The highest BCUT2D eigenvalue weighted by atomic mass is 79.9. The van der Waals surface area contributed by atoms with E-state index in [1.165, 1.54) is 12.1 Å². The Morgan fingerprint density at radius 1 is 1.25 bits per heavy atom. The molecule has 0 heterocycles. The van der Waals surface area contributed by atoms with Crippen LogP contribution in [0.4, 0.5) is 4.39 Å². The third-order valence-corrected chi connectivity index (χ3v) is 4.07. The molecule has 2 unspecified atom stereocenters. The Morgan fingerprint density at radius 2 is 1.95 bits per heavy atom. The van der Waals surface area contributed by atoms with Gasteiger partial charge in [0.25, 0.3) is 0 Å². The summed E-state index contributed by atoms with van der Waals surface area (Å²) in [5.74, 6) is -0.631. The first-order valence-electron chi connectivity index (χ1n) is 6.42. The van der Waals surface area contributed by atoms with Gasteiger partial charge in [-0.15, -0.1) is 0 Å². The molecule has 0 saturated heterocycles. The van der Waals surface area contributed by atoms with Crippen LogP contribution in [0.3, 0.4) is 0 Å². The van der Waals surface area contributed by atoms with Crippen LogP contribution in [0.15, 0.2) is 46.9 Å². The zero-order chi connectivity index (χ0) is 14.7. The van der Waals surface area contributed by atoms with Crippen molar-refractivity contribution in [2.24, 2.45) is 5.73 Å². The molecule has 2 aromatic carbocycles. The molecule has 3 N–H and O–H groups in total. The fourth-order valence-electron chi connectivity index (χ4n) is 2.37. The minimum atomic E-state index is -0.840. The summed E-state index contributed by atoms with van der Waals surface area (Å²) in [6, 6.07) is 12.2. The molecule has 20 heavy (non-hydrogen) atoms.